The van der Waals surface area contributed by atoms with E-state index in [1.165, 1.54) is 0 Å². The molecule has 4 rings (SSSR count). The highest BCUT2D eigenvalue weighted by atomic mass is 32.2. The molecule has 1 unspecified atom stereocenters. The van der Waals surface area contributed by atoms with E-state index in [2.05, 4.69) is 6.07 Å². The minimum atomic E-state index is -2.92. The summed E-state index contributed by atoms with van der Waals surface area (Å²) in [6, 6.07) is 19.0. The third-order valence-electron chi connectivity index (χ3n) is 5.36. The first-order chi connectivity index (χ1) is 14.4. The molecule has 1 heterocycles. The summed E-state index contributed by atoms with van der Waals surface area (Å²) < 4.78 is 28.8. The van der Waals surface area contributed by atoms with Crippen molar-refractivity contribution >= 4 is 20.6 Å². The Morgan fingerprint density at radius 1 is 0.900 bits per heavy atom. The number of β-amino-alcohol motifs (C(OH)–C–C–N with tert-alkyl or cyclic N) is 1. The van der Waals surface area contributed by atoms with Crippen molar-refractivity contribution in [3.8, 4) is 22.6 Å². The van der Waals surface area contributed by atoms with E-state index in [-0.39, 0.29) is 23.9 Å². The van der Waals surface area contributed by atoms with E-state index in [0.29, 0.717) is 25.4 Å². The molecule has 1 aliphatic rings. The van der Waals surface area contributed by atoms with E-state index in [4.69, 9.17) is 4.74 Å². The van der Waals surface area contributed by atoms with E-state index >= 15 is 0 Å². The molecular weight excluding hydrogens is 402 g/mol. The molecule has 3 aromatic rings. The van der Waals surface area contributed by atoms with Gasteiger partial charge in [-0.15, -0.1) is 0 Å². The topological polar surface area (TPSA) is 87.1 Å². The molecule has 1 aliphatic heterocycles. The van der Waals surface area contributed by atoms with Gasteiger partial charge in [0, 0.05) is 19.6 Å². The molecule has 1 atom stereocenters. The fraction of sp³-hybridized carbons (Fsp3) is 0.304. The molecule has 2 N–H and O–H groups in total. The number of aromatic hydroxyl groups is 1. The van der Waals surface area contributed by atoms with Crippen LogP contribution in [0.5, 0.6) is 11.5 Å². The zero-order chi connectivity index (χ0) is 21.1. The predicted molar refractivity (Wildman–Crippen MR) is 118 cm³/mol. The highest BCUT2D eigenvalue weighted by Gasteiger charge is 2.23. The second-order valence-electron chi connectivity index (χ2n) is 7.69. The van der Waals surface area contributed by atoms with Crippen molar-refractivity contribution in [2.45, 2.75) is 6.10 Å². The summed E-state index contributed by atoms with van der Waals surface area (Å²) in [6.45, 7) is 1.45. The van der Waals surface area contributed by atoms with Crippen LogP contribution >= 0.6 is 0 Å². The molecule has 30 heavy (non-hydrogen) atoms. The number of aliphatic hydroxyl groups is 1. The molecule has 0 saturated carbocycles. The number of nitrogens with zero attached hydrogens (tertiary/aromatic N) is 1. The summed E-state index contributed by atoms with van der Waals surface area (Å²) >= 11 is 0. The summed E-state index contributed by atoms with van der Waals surface area (Å²) in [7, 11) is -2.92. The number of ether oxygens (including phenoxy) is 1. The average molecular weight is 428 g/mol. The molecule has 0 radical (unpaired) electrons. The van der Waals surface area contributed by atoms with Crippen LogP contribution in [-0.2, 0) is 9.84 Å². The highest BCUT2D eigenvalue weighted by Crippen LogP contribution is 2.28. The molecule has 1 saturated heterocycles. The SMILES string of the molecule is O=S1(=O)CCN(CC(O)COc2ccc3ccc(-c4ccc(O)cc4)cc3c2)CC1. The number of benzene rings is 3. The van der Waals surface area contributed by atoms with E-state index in [9.17, 15) is 18.6 Å². The standard InChI is InChI=1S/C23H25NO5S/c25-21-6-3-17(4-7-21)19-2-1-18-5-8-23(14-20(18)13-19)29-16-22(26)15-24-9-11-30(27,28)12-10-24/h1-8,13-14,22,25-26H,9-12,15-16H2. The first kappa shape index (κ1) is 20.7. The lowest BCUT2D eigenvalue weighted by molar-refractivity contribution is 0.0710. The average Bonchev–Trinajstić information content (AvgIpc) is 2.74. The van der Waals surface area contributed by atoms with E-state index in [0.717, 1.165) is 21.9 Å². The number of fused-ring (bicyclic) bond motifs is 1. The molecule has 6 nitrogen and oxygen atoms in total. The monoisotopic (exact) mass is 427 g/mol. The summed E-state index contributed by atoms with van der Waals surface area (Å²) in [6.07, 6.45) is -0.690. The van der Waals surface area contributed by atoms with Gasteiger partial charge in [-0.05, 0) is 52.2 Å². The van der Waals surface area contributed by atoms with Crippen LogP contribution in [0.3, 0.4) is 0 Å². The lowest BCUT2D eigenvalue weighted by Crippen LogP contribution is -2.44. The quantitative estimate of drug-likeness (QED) is 0.629. The number of sulfone groups is 1. The van der Waals surface area contributed by atoms with Gasteiger partial charge in [0.05, 0.1) is 11.5 Å². The smallest absolute Gasteiger partial charge is 0.152 e. The van der Waals surface area contributed by atoms with Crippen LogP contribution in [0, 0.1) is 0 Å². The van der Waals surface area contributed by atoms with Crippen LogP contribution in [0.2, 0.25) is 0 Å². The molecule has 0 bridgehead atoms. The van der Waals surface area contributed by atoms with Gasteiger partial charge < -0.3 is 14.9 Å². The number of rotatable bonds is 6. The van der Waals surface area contributed by atoms with E-state index in [1.54, 1.807) is 12.1 Å². The Kier molecular flexibility index (Phi) is 5.94. The van der Waals surface area contributed by atoms with Gasteiger partial charge >= 0.3 is 0 Å². The van der Waals surface area contributed by atoms with Gasteiger partial charge in [-0.3, -0.25) is 4.90 Å². The molecular formula is C23H25NO5S. The van der Waals surface area contributed by atoms with Crippen molar-refractivity contribution in [1.82, 2.24) is 4.90 Å². The second kappa shape index (κ2) is 8.63. The molecule has 3 aromatic carbocycles. The zero-order valence-electron chi connectivity index (χ0n) is 16.6. The van der Waals surface area contributed by atoms with Crippen molar-refractivity contribution in [3.63, 3.8) is 0 Å². The van der Waals surface area contributed by atoms with Gasteiger partial charge in [0.15, 0.2) is 9.84 Å². The van der Waals surface area contributed by atoms with Crippen LogP contribution in [0.1, 0.15) is 0 Å². The molecule has 0 amide bonds. The lowest BCUT2D eigenvalue weighted by atomic mass is 10.0. The zero-order valence-corrected chi connectivity index (χ0v) is 17.4. The Morgan fingerprint density at radius 3 is 2.30 bits per heavy atom. The Morgan fingerprint density at radius 2 is 1.57 bits per heavy atom. The summed E-state index contributed by atoms with van der Waals surface area (Å²) in [4.78, 5) is 1.96. The molecule has 0 aromatic heterocycles. The molecule has 1 fully saturated rings. The Bertz CT molecular complexity index is 1110. The summed E-state index contributed by atoms with van der Waals surface area (Å²) in [5.41, 5.74) is 2.06. The summed E-state index contributed by atoms with van der Waals surface area (Å²) in [5, 5.41) is 21.9. The third-order valence-corrected chi connectivity index (χ3v) is 6.97. The van der Waals surface area contributed by atoms with Gasteiger partial charge in [-0.1, -0.05) is 30.3 Å². The first-order valence-electron chi connectivity index (χ1n) is 9.95. The van der Waals surface area contributed by atoms with E-state index in [1.807, 2.05) is 47.4 Å². The molecule has 158 valence electrons. The maximum Gasteiger partial charge on any atom is 0.152 e. The molecule has 7 heteroatoms. The van der Waals surface area contributed by atoms with Crippen LogP contribution in [0.25, 0.3) is 21.9 Å². The predicted octanol–water partition coefficient (Wildman–Crippen LogP) is 2.68. The number of hydrogen-bond acceptors (Lipinski definition) is 6. The first-order valence-corrected chi connectivity index (χ1v) is 11.8. The normalized spacial score (nSPS) is 17.6. The Hall–Kier alpha value is -2.61. The molecule has 0 spiro atoms. The van der Waals surface area contributed by atoms with Gasteiger partial charge in [0.2, 0.25) is 0 Å². The molecule has 0 aliphatic carbocycles. The Labute approximate surface area is 176 Å². The van der Waals surface area contributed by atoms with Gasteiger partial charge in [-0.25, -0.2) is 8.42 Å². The largest absolute Gasteiger partial charge is 0.508 e. The van der Waals surface area contributed by atoms with Crippen molar-refractivity contribution in [2.75, 3.05) is 37.7 Å². The number of hydrogen-bond donors (Lipinski definition) is 2. The highest BCUT2D eigenvalue weighted by molar-refractivity contribution is 7.91. The second-order valence-corrected chi connectivity index (χ2v) is 9.99. The van der Waals surface area contributed by atoms with E-state index < -0.39 is 15.9 Å². The fourth-order valence-corrected chi connectivity index (χ4v) is 4.90. The third kappa shape index (κ3) is 5.11. The van der Waals surface area contributed by atoms with Crippen molar-refractivity contribution in [1.29, 1.82) is 0 Å². The number of phenols is 1. The number of phenolic OH excluding ortho intramolecular Hbond substituents is 1. The van der Waals surface area contributed by atoms with Crippen molar-refractivity contribution in [3.05, 3.63) is 60.7 Å². The maximum absolute atomic E-state index is 11.5. The Balaban J connectivity index is 1.39. The van der Waals surface area contributed by atoms with Gasteiger partial charge in [0.25, 0.3) is 0 Å². The minimum absolute atomic E-state index is 0.145. The van der Waals surface area contributed by atoms with Crippen molar-refractivity contribution < 1.29 is 23.4 Å². The maximum atomic E-state index is 11.5. The lowest BCUT2D eigenvalue weighted by Gasteiger charge is -2.28. The van der Waals surface area contributed by atoms with Gasteiger partial charge in [-0.2, -0.15) is 0 Å². The number of aliphatic hydroxyl groups excluding tert-OH is 1. The minimum Gasteiger partial charge on any atom is -0.508 e. The van der Waals surface area contributed by atoms with Crippen LogP contribution in [0.4, 0.5) is 0 Å². The van der Waals surface area contributed by atoms with Crippen molar-refractivity contribution in [2.24, 2.45) is 0 Å². The fourth-order valence-electron chi connectivity index (χ4n) is 3.62. The summed E-state index contributed by atoms with van der Waals surface area (Å²) in [5.74, 6) is 1.20. The van der Waals surface area contributed by atoms with Crippen LogP contribution in [0.15, 0.2) is 60.7 Å². The van der Waals surface area contributed by atoms with Crippen LogP contribution in [-0.4, -0.2) is 67.4 Å². The van der Waals surface area contributed by atoms with Gasteiger partial charge in [0.1, 0.15) is 24.2 Å². The van der Waals surface area contributed by atoms with Crippen LogP contribution < -0.4 is 4.74 Å².